The van der Waals surface area contributed by atoms with E-state index in [4.69, 9.17) is 4.98 Å². The van der Waals surface area contributed by atoms with Gasteiger partial charge in [0, 0.05) is 31.5 Å². The van der Waals surface area contributed by atoms with Gasteiger partial charge in [-0.3, -0.25) is 9.69 Å². The summed E-state index contributed by atoms with van der Waals surface area (Å²) >= 11 is 0. The number of hydrogen-bond acceptors (Lipinski definition) is 3. The van der Waals surface area contributed by atoms with Crippen LogP contribution in [0.5, 0.6) is 0 Å². The lowest BCUT2D eigenvalue weighted by atomic mass is 9.95. The summed E-state index contributed by atoms with van der Waals surface area (Å²) in [7, 11) is 0. The maximum absolute atomic E-state index is 12.6. The van der Waals surface area contributed by atoms with E-state index in [9.17, 15) is 4.79 Å². The van der Waals surface area contributed by atoms with Crippen LogP contribution in [-0.2, 0) is 31.3 Å². The van der Waals surface area contributed by atoms with Gasteiger partial charge in [-0.15, -0.1) is 0 Å². The van der Waals surface area contributed by atoms with Gasteiger partial charge in [0.25, 0.3) is 5.56 Å². The summed E-state index contributed by atoms with van der Waals surface area (Å²) in [5.41, 5.74) is 4.43. The molecule has 0 unspecified atom stereocenters. The molecule has 0 saturated heterocycles. The molecule has 1 aromatic carbocycles. The van der Waals surface area contributed by atoms with Crippen LogP contribution in [0.25, 0.3) is 0 Å². The lowest BCUT2D eigenvalue weighted by Gasteiger charge is -2.29. The number of aryl methyl sites for hydroxylation is 1. The normalized spacial score (nSPS) is 15.1. The lowest BCUT2D eigenvalue weighted by Crippen LogP contribution is -2.37. The summed E-state index contributed by atoms with van der Waals surface area (Å²) < 4.78 is 0. The largest absolute Gasteiger partial charge is 0.310 e. The van der Waals surface area contributed by atoms with Crippen molar-refractivity contribution in [1.82, 2.24) is 14.9 Å². The number of unbranched alkanes of at least 4 members (excludes halogenated alkanes) is 1. The van der Waals surface area contributed by atoms with Crippen LogP contribution in [-0.4, -0.2) is 21.4 Å². The van der Waals surface area contributed by atoms with Crippen molar-refractivity contribution in [2.75, 3.05) is 6.54 Å². The Balaban J connectivity index is 1.70. The number of hydrogen-bond donors (Lipinski definition) is 1. The molecule has 1 aromatic heterocycles. The average Bonchev–Trinajstić information content (AvgIpc) is 2.61. The molecule has 0 spiro atoms. The Labute approximate surface area is 156 Å². The van der Waals surface area contributed by atoms with Crippen molar-refractivity contribution in [3.63, 3.8) is 0 Å². The minimum atomic E-state index is -0.134. The predicted octanol–water partition coefficient (Wildman–Crippen LogP) is 3.97. The second-order valence-electron chi connectivity index (χ2n) is 8.47. The summed E-state index contributed by atoms with van der Waals surface area (Å²) in [5.74, 6) is 0.789. The van der Waals surface area contributed by atoms with Crippen molar-refractivity contribution in [2.24, 2.45) is 0 Å². The van der Waals surface area contributed by atoms with E-state index in [0.717, 1.165) is 43.0 Å². The number of benzene rings is 1. The van der Waals surface area contributed by atoms with E-state index in [1.54, 1.807) is 0 Å². The highest BCUT2D eigenvalue weighted by Gasteiger charge is 2.24. The molecule has 2 heterocycles. The van der Waals surface area contributed by atoms with Gasteiger partial charge in [0.15, 0.2) is 0 Å². The first-order valence-corrected chi connectivity index (χ1v) is 9.79. The molecule has 0 fully saturated rings. The summed E-state index contributed by atoms with van der Waals surface area (Å²) in [5, 5.41) is 0. The highest BCUT2D eigenvalue weighted by molar-refractivity contribution is 5.25. The van der Waals surface area contributed by atoms with E-state index in [1.165, 1.54) is 24.0 Å². The zero-order valence-electron chi connectivity index (χ0n) is 16.6. The Bertz CT molecular complexity index is 800. The molecule has 0 bridgehead atoms. The van der Waals surface area contributed by atoms with E-state index in [2.05, 4.69) is 61.8 Å². The molecule has 1 aliphatic rings. The van der Waals surface area contributed by atoms with Crippen LogP contribution in [0.1, 0.15) is 68.7 Å². The zero-order valence-corrected chi connectivity index (χ0v) is 16.6. The van der Waals surface area contributed by atoms with E-state index in [1.807, 2.05) is 0 Å². The number of H-pyrrole nitrogens is 1. The van der Waals surface area contributed by atoms with E-state index in [0.29, 0.717) is 6.54 Å². The molecule has 1 aliphatic heterocycles. The first-order chi connectivity index (χ1) is 12.4. The molecular formula is C22H31N3O. The molecule has 4 nitrogen and oxygen atoms in total. The molecule has 26 heavy (non-hydrogen) atoms. The van der Waals surface area contributed by atoms with Gasteiger partial charge in [-0.25, -0.2) is 4.98 Å². The van der Waals surface area contributed by atoms with Gasteiger partial charge in [0.05, 0.1) is 11.3 Å². The summed E-state index contributed by atoms with van der Waals surface area (Å²) in [4.78, 5) is 22.6. The van der Waals surface area contributed by atoms with Crippen molar-refractivity contribution in [3.8, 4) is 0 Å². The average molecular weight is 354 g/mol. The SMILES string of the molecule is CCCCc1ccc(CN2CCc3nc(C(C)(C)C)[nH]c(=O)c3C2)cc1. The molecule has 140 valence electrons. The molecule has 0 atom stereocenters. The van der Waals surface area contributed by atoms with Crippen molar-refractivity contribution in [3.05, 3.63) is 62.8 Å². The van der Waals surface area contributed by atoms with E-state index >= 15 is 0 Å². The maximum atomic E-state index is 12.6. The Morgan fingerprint density at radius 2 is 1.85 bits per heavy atom. The van der Waals surface area contributed by atoms with Gasteiger partial charge in [0.2, 0.25) is 0 Å². The van der Waals surface area contributed by atoms with Gasteiger partial charge in [-0.2, -0.15) is 0 Å². The highest BCUT2D eigenvalue weighted by Crippen LogP contribution is 2.21. The van der Waals surface area contributed by atoms with Crippen LogP contribution in [0.15, 0.2) is 29.1 Å². The number of rotatable bonds is 5. The van der Waals surface area contributed by atoms with Crippen LogP contribution in [0, 0.1) is 0 Å². The van der Waals surface area contributed by atoms with Crippen LogP contribution >= 0.6 is 0 Å². The number of aromatic amines is 1. The molecule has 4 heteroatoms. The number of nitrogens with zero attached hydrogens (tertiary/aromatic N) is 2. The number of aromatic nitrogens is 2. The summed E-state index contributed by atoms with van der Waals surface area (Å²) in [6.45, 7) is 11.0. The first-order valence-electron chi connectivity index (χ1n) is 9.79. The molecule has 0 amide bonds. The fourth-order valence-electron chi connectivity index (χ4n) is 3.42. The molecule has 2 aromatic rings. The molecular weight excluding hydrogens is 322 g/mol. The smallest absolute Gasteiger partial charge is 0.255 e. The Kier molecular flexibility index (Phi) is 5.61. The van der Waals surface area contributed by atoms with Crippen molar-refractivity contribution >= 4 is 0 Å². The topological polar surface area (TPSA) is 49.0 Å². The standard InChI is InChI=1S/C22H31N3O/c1-5-6-7-16-8-10-17(11-9-16)14-25-13-12-19-18(15-25)20(26)24-21(23-19)22(2,3)4/h8-11H,5-7,12-15H2,1-4H3,(H,23,24,26). The second kappa shape index (κ2) is 7.75. The third-order valence-corrected chi connectivity index (χ3v) is 5.11. The van der Waals surface area contributed by atoms with Crippen molar-refractivity contribution < 1.29 is 0 Å². The Hall–Kier alpha value is -1.94. The third-order valence-electron chi connectivity index (χ3n) is 5.11. The van der Waals surface area contributed by atoms with Gasteiger partial charge in [-0.05, 0) is 24.0 Å². The number of nitrogens with one attached hydrogen (secondary N) is 1. The highest BCUT2D eigenvalue weighted by atomic mass is 16.1. The minimum absolute atomic E-state index is 0.0274. The molecule has 1 N–H and O–H groups in total. The fourth-order valence-corrected chi connectivity index (χ4v) is 3.42. The minimum Gasteiger partial charge on any atom is -0.310 e. The van der Waals surface area contributed by atoms with Crippen LogP contribution < -0.4 is 5.56 Å². The van der Waals surface area contributed by atoms with Crippen LogP contribution in [0.2, 0.25) is 0 Å². The van der Waals surface area contributed by atoms with Crippen LogP contribution in [0.4, 0.5) is 0 Å². The van der Waals surface area contributed by atoms with Crippen molar-refractivity contribution in [1.29, 1.82) is 0 Å². The van der Waals surface area contributed by atoms with E-state index in [-0.39, 0.29) is 11.0 Å². The quantitative estimate of drug-likeness (QED) is 0.885. The van der Waals surface area contributed by atoms with Gasteiger partial charge >= 0.3 is 0 Å². The summed E-state index contributed by atoms with van der Waals surface area (Å²) in [6, 6.07) is 8.94. The third kappa shape index (κ3) is 4.42. The molecule has 0 saturated carbocycles. The summed E-state index contributed by atoms with van der Waals surface area (Å²) in [6.07, 6.45) is 4.48. The Morgan fingerprint density at radius 3 is 2.50 bits per heavy atom. The molecule has 0 radical (unpaired) electrons. The lowest BCUT2D eigenvalue weighted by molar-refractivity contribution is 0.241. The Morgan fingerprint density at radius 1 is 1.15 bits per heavy atom. The van der Waals surface area contributed by atoms with Gasteiger partial charge < -0.3 is 4.98 Å². The zero-order chi connectivity index (χ0) is 18.7. The second-order valence-corrected chi connectivity index (χ2v) is 8.47. The molecule has 0 aliphatic carbocycles. The number of fused-ring (bicyclic) bond motifs is 1. The fraction of sp³-hybridized carbons (Fsp3) is 0.545. The predicted molar refractivity (Wildman–Crippen MR) is 106 cm³/mol. The van der Waals surface area contributed by atoms with E-state index < -0.39 is 0 Å². The van der Waals surface area contributed by atoms with Gasteiger partial charge in [0.1, 0.15) is 5.82 Å². The van der Waals surface area contributed by atoms with Crippen LogP contribution in [0.3, 0.4) is 0 Å². The van der Waals surface area contributed by atoms with Gasteiger partial charge in [-0.1, -0.05) is 58.4 Å². The maximum Gasteiger partial charge on any atom is 0.255 e. The van der Waals surface area contributed by atoms with Crippen molar-refractivity contribution in [2.45, 2.75) is 71.9 Å². The first kappa shape index (κ1) is 18.8. The monoisotopic (exact) mass is 353 g/mol. The molecule has 3 rings (SSSR count).